The van der Waals surface area contributed by atoms with Gasteiger partial charge in [-0.05, 0) is 81.1 Å². The number of ether oxygens (including phenoxy) is 4. The third-order valence-corrected chi connectivity index (χ3v) is 15.1. The van der Waals surface area contributed by atoms with Crippen molar-refractivity contribution in [2.75, 3.05) is 52.4 Å². The topological polar surface area (TPSA) is 184 Å². The van der Waals surface area contributed by atoms with Gasteiger partial charge in [0.1, 0.15) is 26.1 Å². The first-order chi connectivity index (χ1) is 42.2. The van der Waals surface area contributed by atoms with Crippen molar-refractivity contribution in [3.05, 3.63) is 137 Å². The van der Waals surface area contributed by atoms with Gasteiger partial charge in [0.25, 0.3) is 11.2 Å². The first kappa shape index (κ1) is 84.5. The molecule has 0 unspecified atom stereocenters. The molecule has 0 spiro atoms. The Hall–Kier alpha value is -7.55. The Bertz CT molecular complexity index is 2900. The molecule has 0 atom stereocenters. The van der Waals surface area contributed by atoms with Gasteiger partial charge in [-0.1, -0.05) is 113 Å². The number of aldehydes is 1. The molecule has 4 aromatic rings. The van der Waals surface area contributed by atoms with Crippen LogP contribution in [0, 0.1) is 52.8 Å². The molecule has 0 bridgehead atoms. The first-order valence-electron chi connectivity index (χ1n) is 27.6. The molecule has 33 heteroatoms. The maximum Gasteiger partial charge on any atom is 0.426 e. The fraction of sp³-hybridized carbons (Fsp3) is 0.525. The third-order valence-electron chi connectivity index (χ3n) is 15.1. The Morgan fingerprint density at radius 1 is 0.447 bits per heavy atom. The third kappa shape index (κ3) is 22.0. The molecule has 0 aromatic heterocycles. The molecule has 4 saturated heterocycles. The number of rotatable bonds is 11. The van der Waals surface area contributed by atoms with Crippen LogP contribution in [0.15, 0.2) is 91.0 Å². The molecule has 3 N–H and O–H groups in total. The summed E-state index contributed by atoms with van der Waals surface area (Å²) in [5, 5.41) is 21.1. The van der Waals surface area contributed by atoms with Gasteiger partial charge in [-0.15, -0.1) is 0 Å². The molecule has 4 fully saturated rings. The number of benzene rings is 4. The fourth-order valence-corrected chi connectivity index (χ4v) is 9.77. The minimum atomic E-state index is -5.86. The van der Waals surface area contributed by atoms with Crippen molar-refractivity contribution < 1.29 is 132 Å². The van der Waals surface area contributed by atoms with E-state index < -0.39 is 119 Å². The predicted molar refractivity (Wildman–Crippen MR) is 303 cm³/mol. The van der Waals surface area contributed by atoms with Crippen LogP contribution >= 0.6 is 0 Å². The van der Waals surface area contributed by atoms with Crippen molar-refractivity contribution in [1.82, 2.24) is 20.0 Å². The van der Waals surface area contributed by atoms with Crippen molar-refractivity contribution in [2.24, 2.45) is 23.7 Å². The maximum atomic E-state index is 13.7. The number of alkyl halides is 12. The van der Waals surface area contributed by atoms with Crippen LogP contribution in [0.3, 0.4) is 0 Å². The van der Waals surface area contributed by atoms with Crippen LogP contribution in [0.1, 0.15) is 90.3 Å². The van der Waals surface area contributed by atoms with Crippen LogP contribution in [0.2, 0.25) is 0 Å². The molecule has 8 rings (SSSR count). The van der Waals surface area contributed by atoms with E-state index in [2.05, 4.69) is 10.1 Å². The number of hydrogen-bond donors (Lipinski definition) is 3. The molecule has 530 valence electrons. The number of nitrogens with one attached hydrogen (secondary N) is 1. The summed E-state index contributed by atoms with van der Waals surface area (Å²) in [5.41, 5.74) is -6.91. The van der Waals surface area contributed by atoms with E-state index in [0.717, 1.165) is 35.2 Å². The van der Waals surface area contributed by atoms with Crippen LogP contribution < -0.4 is 10.1 Å². The highest BCUT2D eigenvalue weighted by molar-refractivity contribution is 5.76. The van der Waals surface area contributed by atoms with E-state index in [9.17, 15) is 104 Å². The number of carbonyl (C=O) groups excluding carboxylic acids is 5. The van der Waals surface area contributed by atoms with Crippen LogP contribution in [0.4, 0.5) is 93.7 Å². The molecule has 4 heterocycles. The Labute approximate surface area is 529 Å². The number of carbonyl (C=O) groups is 5. The van der Waals surface area contributed by atoms with Crippen LogP contribution in [0.25, 0.3) is 0 Å². The van der Waals surface area contributed by atoms with Crippen molar-refractivity contribution >= 4 is 30.5 Å². The molecular weight excluding hydrogens is 1310 g/mol. The lowest BCUT2D eigenvalue weighted by Gasteiger charge is -2.42. The number of aliphatic hydroxyl groups is 2. The number of esters is 1. The van der Waals surface area contributed by atoms with Crippen molar-refractivity contribution in [1.29, 1.82) is 0 Å². The molecular formula is C61H74F18N4O11. The summed E-state index contributed by atoms with van der Waals surface area (Å²) in [4.78, 5) is 62.6. The lowest BCUT2D eigenvalue weighted by atomic mass is 9.79. The summed E-state index contributed by atoms with van der Waals surface area (Å²) in [7, 11) is 0. The number of piperidine rings is 4. The average Bonchev–Trinajstić information content (AvgIpc) is 0.760. The summed E-state index contributed by atoms with van der Waals surface area (Å²) >= 11 is 0. The van der Waals surface area contributed by atoms with Crippen molar-refractivity contribution in [2.45, 2.75) is 129 Å². The van der Waals surface area contributed by atoms with E-state index in [0.29, 0.717) is 25.3 Å². The standard InChI is InChI=1S/C20H16F5NO4.C16H17F6NO3.C14H17NO3.C8H11F6NO.3CH4.FH/c21-13-14(22)16(24)18(17(25)15(13)23)30-19(27)12-6-8-26(9-7-12)20(28)29-10-11-4-2-1-3-5-11;17-15(18,19)14(25,16(20,21)22)12-6-8-23(9-7-12)13(24)26-10-11-4-2-1-3-5-11;16-10-12-6-8-15(9-7-12)14(17)18-11-13-4-2-1-3-5-13;9-7(10,11)6(16,8(12,13)14)5-1-3-15-4-2-5;;;;/h1-5,12H,6-10H2;1-5,12,25H,6-10H2;1-5,10,12H,6-9,11H2;5,15-16H,1-4H2;3*1H4;1H. The van der Waals surface area contributed by atoms with E-state index >= 15 is 0 Å². The van der Waals surface area contributed by atoms with Gasteiger partial charge in [0.15, 0.2) is 0 Å². The van der Waals surface area contributed by atoms with E-state index in [1.807, 2.05) is 36.4 Å². The van der Waals surface area contributed by atoms with Gasteiger partial charge in [-0.2, -0.15) is 61.5 Å². The zero-order chi connectivity index (χ0) is 66.8. The van der Waals surface area contributed by atoms with Gasteiger partial charge in [0.2, 0.25) is 34.8 Å². The fourth-order valence-electron chi connectivity index (χ4n) is 9.77. The lowest BCUT2D eigenvalue weighted by Crippen LogP contribution is -2.63. The zero-order valence-electron chi connectivity index (χ0n) is 47.7. The minimum Gasteiger partial charge on any atom is -0.445 e. The number of hydrogen-bond acceptors (Lipinski definition) is 12. The molecule has 4 aliphatic rings. The number of likely N-dealkylation sites (tertiary alicyclic amines) is 3. The quantitative estimate of drug-likeness (QED) is 0.0246. The monoisotopic (exact) mass is 1380 g/mol. The van der Waals surface area contributed by atoms with E-state index in [1.54, 1.807) is 59.5 Å². The second kappa shape index (κ2) is 36.9. The summed E-state index contributed by atoms with van der Waals surface area (Å²) in [6.07, 6.45) is -24.2. The molecule has 0 saturated carbocycles. The smallest absolute Gasteiger partial charge is 0.426 e. The minimum absolute atomic E-state index is 0. The average molecular weight is 1380 g/mol. The highest BCUT2D eigenvalue weighted by Crippen LogP contribution is 2.51. The maximum absolute atomic E-state index is 13.7. The van der Waals surface area contributed by atoms with E-state index in [4.69, 9.17) is 19.3 Å². The second-order valence-electron chi connectivity index (χ2n) is 21.0. The Morgan fingerprint density at radius 2 is 0.723 bits per heavy atom. The number of amides is 3. The highest BCUT2D eigenvalue weighted by atomic mass is 19.4. The second-order valence-corrected chi connectivity index (χ2v) is 21.0. The molecule has 0 aliphatic carbocycles. The number of nitrogens with zero attached hydrogens (tertiary/aromatic N) is 3. The van der Waals surface area contributed by atoms with Gasteiger partial charge >= 0.3 is 49.0 Å². The van der Waals surface area contributed by atoms with Gasteiger partial charge in [-0.3, -0.25) is 9.50 Å². The van der Waals surface area contributed by atoms with E-state index in [-0.39, 0.29) is 117 Å². The lowest BCUT2D eigenvalue weighted by molar-refractivity contribution is -0.387. The van der Waals surface area contributed by atoms with Crippen LogP contribution in [0.5, 0.6) is 5.75 Å². The summed E-state index contributed by atoms with van der Waals surface area (Å²) in [6, 6.07) is 27.2. The number of halogens is 18. The highest BCUT2D eigenvalue weighted by Gasteiger charge is 2.74. The Balaban J connectivity index is 0.000000636. The molecule has 4 aliphatic heterocycles. The largest absolute Gasteiger partial charge is 0.445 e. The summed E-state index contributed by atoms with van der Waals surface area (Å²) < 4.78 is 238. The van der Waals surface area contributed by atoms with E-state index in [1.165, 1.54) is 4.90 Å². The van der Waals surface area contributed by atoms with Crippen LogP contribution in [-0.2, 0) is 43.6 Å². The molecule has 15 nitrogen and oxygen atoms in total. The summed E-state index contributed by atoms with van der Waals surface area (Å²) in [6.45, 7) is 1.07. The Morgan fingerprint density at radius 3 is 1.02 bits per heavy atom. The van der Waals surface area contributed by atoms with Gasteiger partial charge in [-0.25, -0.2) is 27.6 Å². The van der Waals surface area contributed by atoms with Crippen molar-refractivity contribution in [3.63, 3.8) is 0 Å². The molecule has 4 aromatic carbocycles. The SMILES string of the molecule is C.C.C.F.O=C(OCc1ccccc1)N1CCC(C(O)(C(F)(F)F)C(F)(F)F)CC1.O=C(Oc1c(F)c(F)c(F)c(F)c1F)C1CCN(C(=O)OCc2ccccc2)CC1.O=CC1CCN(C(=O)OCc2ccccc2)CC1.OC(C1CCNCC1)(C(F)(F)F)C(F)(F)F. The molecule has 94 heavy (non-hydrogen) atoms. The zero-order valence-corrected chi connectivity index (χ0v) is 47.7. The van der Waals surface area contributed by atoms with Gasteiger partial charge in [0.05, 0.1) is 5.92 Å². The Kier molecular flexibility index (Phi) is 33.2. The molecule has 3 amide bonds. The summed E-state index contributed by atoms with van der Waals surface area (Å²) in [5.74, 6) is -18.7. The predicted octanol–water partition coefficient (Wildman–Crippen LogP) is 14.4. The van der Waals surface area contributed by atoms with Crippen molar-refractivity contribution in [3.8, 4) is 5.75 Å². The van der Waals surface area contributed by atoms with Gasteiger partial charge < -0.3 is 54.0 Å². The molecule has 0 radical (unpaired) electrons. The first-order valence-corrected chi connectivity index (χ1v) is 27.6. The normalized spacial score (nSPS) is 16.1. The van der Waals surface area contributed by atoms with Crippen LogP contribution in [-0.4, -0.2) is 144 Å². The van der Waals surface area contributed by atoms with Gasteiger partial charge in [0, 0.05) is 57.0 Å².